The van der Waals surface area contributed by atoms with E-state index in [9.17, 15) is 9.18 Å². The number of alkyl halides is 1. The number of halogens is 3. The van der Waals surface area contributed by atoms with Crippen molar-refractivity contribution >= 4 is 33.4 Å². The number of amides is 1. The van der Waals surface area contributed by atoms with E-state index in [0.29, 0.717) is 11.5 Å². The first-order valence-corrected chi connectivity index (χ1v) is 7.90. The van der Waals surface area contributed by atoms with E-state index >= 15 is 0 Å². The van der Waals surface area contributed by atoms with Crippen molar-refractivity contribution < 1.29 is 9.18 Å². The van der Waals surface area contributed by atoms with Gasteiger partial charge in [-0.25, -0.2) is 4.39 Å². The Kier molecular flexibility index (Phi) is 5.22. The zero-order chi connectivity index (χ0) is 13.8. The molecule has 1 aliphatic rings. The van der Waals surface area contributed by atoms with Crippen LogP contribution in [0.15, 0.2) is 18.2 Å². The van der Waals surface area contributed by atoms with E-state index in [1.807, 2.05) is 0 Å². The lowest BCUT2D eigenvalue weighted by Crippen LogP contribution is -2.33. The summed E-state index contributed by atoms with van der Waals surface area (Å²) in [5.74, 6) is 0.0000781. The van der Waals surface area contributed by atoms with Gasteiger partial charge in [0.05, 0.1) is 5.02 Å². The molecule has 1 amide bonds. The molecule has 0 aromatic heterocycles. The topological polar surface area (TPSA) is 29.1 Å². The SMILES string of the molecule is O=C(NCc1cccc(Cl)c1F)[C@@H]1CCC[C@H]1CBr. The molecule has 1 aromatic carbocycles. The Morgan fingerprint density at radius 3 is 3.00 bits per heavy atom. The molecule has 104 valence electrons. The first-order chi connectivity index (χ1) is 9.13. The smallest absolute Gasteiger partial charge is 0.223 e. The Bertz CT molecular complexity index is 469. The van der Waals surface area contributed by atoms with Gasteiger partial charge in [0.25, 0.3) is 0 Å². The molecular formula is C14H16BrClFNO. The van der Waals surface area contributed by atoms with Gasteiger partial charge in [0.15, 0.2) is 0 Å². The number of benzene rings is 1. The van der Waals surface area contributed by atoms with Crippen molar-refractivity contribution in [2.24, 2.45) is 11.8 Å². The summed E-state index contributed by atoms with van der Waals surface area (Å²) in [7, 11) is 0. The van der Waals surface area contributed by atoms with Crippen molar-refractivity contribution in [2.45, 2.75) is 25.8 Å². The molecule has 0 saturated heterocycles. The Morgan fingerprint density at radius 1 is 1.47 bits per heavy atom. The van der Waals surface area contributed by atoms with E-state index in [1.165, 1.54) is 6.07 Å². The van der Waals surface area contributed by atoms with Crippen LogP contribution in [-0.2, 0) is 11.3 Å². The van der Waals surface area contributed by atoms with Gasteiger partial charge < -0.3 is 5.32 Å². The summed E-state index contributed by atoms with van der Waals surface area (Å²) in [5, 5.41) is 3.75. The van der Waals surface area contributed by atoms with Gasteiger partial charge in [-0.3, -0.25) is 4.79 Å². The Labute approximate surface area is 125 Å². The van der Waals surface area contributed by atoms with Gasteiger partial charge in [-0.15, -0.1) is 0 Å². The second kappa shape index (κ2) is 6.71. The van der Waals surface area contributed by atoms with E-state index in [1.54, 1.807) is 12.1 Å². The first-order valence-electron chi connectivity index (χ1n) is 6.40. The maximum Gasteiger partial charge on any atom is 0.223 e. The van der Waals surface area contributed by atoms with Crippen LogP contribution in [0.25, 0.3) is 0 Å². The summed E-state index contributed by atoms with van der Waals surface area (Å²) < 4.78 is 13.7. The van der Waals surface area contributed by atoms with Crippen molar-refractivity contribution in [3.8, 4) is 0 Å². The molecule has 2 nitrogen and oxygen atoms in total. The molecule has 1 saturated carbocycles. The van der Waals surface area contributed by atoms with Crippen molar-refractivity contribution in [1.29, 1.82) is 0 Å². The second-order valence-corrected chi connectivity index (χ2v) is 5.94. The number of hydrogen-bond acceptors (Lipinski definition) is 1. The highest BCUT2D eigenvalue weighted by molar-refractivity contribution is 9.09. The predicted molar refractivity (Wildman–Crippen MR) is 77.9 cm³/mol. The molecule has 0 radical (unpaired) electrons. The molecule has 2 rings (SSSR count). The average molecular weight is 349 g/mol. The lowest BCUT2D eigenvalue weighted by molar-refractivity contribution is -0.125. The zero-order valence-electron chi connectivity index (χ0n) is 10.5. The van der Waals surface area contributed by atoms with E-state index in [2.05, 4.69) is 21.2 Å². The van der Waals surface area contributed by atoms with Crippen LogP contribution in [0.4, 0.5) is 4.39 Å². The molecule has 0 bridgehead atoms. The number of carbonyl (C=O) groups excluding carboxylic acids is 1. The summed E-state index contributed by atoms with van der Waals surface area (Å²) in [6.07, 6.45) is 3.08. The first kappa shape index (κ1) is 14.8. The molecular weight excluding hydrogens is 333 g/mol. The minimum Gasteiger partial charge on any atom is -0.352 e. The van der Waals surface area contributed by atoms with E-state index in [0.717, 1.165) is 24.6 Å². The summed E-state index contributed by atoms with van der Waals surface area (Å²) in [5.41, 5.74) is 0.425. The second-order valence-electron chi connectivity index (χ2n) is 4.88. The van der Waals surface area contributed by atoms with Crippen LogP contribution in [0.2, 0.25) is 5.02 Å². The Balaban J connectivity index is 1.95. The van der Waals surface area contributed by atoms with E-state index in [-0.39, 0.29) is 23.4 Å². The van der Waals surface area contributed by atoms with Crippen LogP contribution in [0.3, 0.4) is 0 Å². The highest BCUT2D eigenvalue weighted by Gasteiger charge is 2.31. The molecule has 0 heterocycles. The fourth-order valence-electron chi connectivity index (χ4n) is 2.57. The number of carbonyl (C=O) groups is 1. The van der Waals surface area contributed by atoms with Crippen molar-refractivity contribution in [1.82, 2.24) is 5.32 Å². The molecule has 1 fully saturated rings. The van der Waals surface area contributed by atoms with Crippen molar-refractivity contribution in [2.75, 3.05) is 5.33 Å². The minimum absolute atomic E-state index is 0.0151. The van der Waals surface area contributed by atoms with Gasteiger partial charge in [-0.2, -0.15) is 0 Å². The van der Waals surface area contributed by atoms with Crippen LogP contribution in [-0.4, -0.2) is 11.2 Å². The van der Waals surface area contributed by atoms with Crippen LogP contribution in [0, 0.1) is 17.7 Å². The molecule has 1 aliphatic carbocycles. The van der Waals surface area contributed by atoms with Crippen LogP contribution in [0.1, 0.15) is 24.8 Å². The minimum atomic E-state index is -0.451. The quantitative estimate of drug-likeness (QED) is 0.821. The van der Waals surface area contributed by atoms with Gasteiger partial charge in [0.2, 0.25) is 5.91 Å². The highest BCUT2D eigenvalue weighted by Crippen LogP contribution is 2.33. The van der Waals surface area contributed by atoms with Gasteiger partial charge >= 0.3 is 0 Å². The Hall–Kier alpha value is -0.610. The molecule has 1 aromatic rings. The van der Waals surface area contributed by atoms with Crippen molar-refractivity contribution in [3.63, 3.8) is 0 Å². The molecule has 0 spiro atoms. The summed E-state index contributed by atoms with van der Waals surface area (Å²) in [6.45, 7) is 0.191. The molecule has 2 atom stereocenters. The largest absolute Gasteiger partial charge is 0.352 e. The summed E-state index contributed by atoms with van der Waals surface area (Å²) in [4.78, 5) is 12.1. The van der Waals surface area contributed by atoms with E-state index in [4.69, 9.17) is 11.6 Å². The summed E-state index contributed by atoms with van der Waals surface area (Å²) >= 11 is 9.15. The fraction of sp³-hybridized carbons (Fsp3) is 0.500. The maximum atomic E-state index is 13.7. The van der Waals surface area contributed by atoms with E-state index < -0.39 is 5.82 Å². The molecule has 19 heavy (non-hydrogen) atoms. The average Bonchev–Trinajstić information content (AvgIpc) is 2.88. The standard InChI is InChI=1S/C14H16BrClFNO/c15-7-9-3-1-5-11(9)14(19)18-8-10-4-2-6-12(16)13(10)17/h2,4,6,9,11H,1,3,5,7-8H2,(H,18,19)/t9-,11+/m0/s1. The summed E-state index contributed by atoms with van der Waals surface area (Å²) in [6, 6.07) is 4.82. The molecule has 0 aliphatic heterocycles. The Morgan fingerprint density at radius 2 is 2.26 bits per heavy atom. The van der Waals surface area contributed by atoms with Crippen molar-refractivity contribution in [3.05, 3.63) is 34.6 Å². The number of rotatable bonds is 4. The van der Waals surface area contributed by atoms with Crippen LogP contribution < -0.4 is 5.32 Å². The third-order valence-electron chi connectivity index (χ3n) is 3.68. The zero-order valence-corrected chi connectivity index (χ0v) is 12.8. The van der Waals surface area contributed by atoms with Crippen LogP contribution >= 0.6 is 27.5 Å². The molecule has 5 heteroatoms. The number of nitrogens with one attached hydrogen (secondary N) is 1. The normalized spacial score (nSPS) is 22.5. The third-order valence-corrected chi connectivity index (χ3v) is 4.80. The third kappa shape index (κ3) is 3.48. The highest BCUT2D eigenvalue weighted by atomic mass is 79.9. The lowest BCUT2D eigenvalue weighted by Gasteiger charge is -2.17. The van der Waals surface area contributed by atoms with Gasteiger partial charge in [0, 0.05) is 23.4 Å². The molecule has 1 N–H and O–H groups in total. The predicted octanol–water partition coefficient (Wildman–Crippen LogP) is 3.91. The molecule has 0 unspecified atom stereocenters. The maximum absolute atomic E-state index is 13.7. The monoisotopic (exact) mass is 347 g/mol. The lowest BCUT2D eigenvalue weighted by atomic mass is 9.97. The fourth-order valence-corrected chi connectivity index (χ4v) is 3.53. The number of hydrogen-bond donors (Lipinski definition) is 1. The van der Waals surface area contributed by atoms with Gasteiger partial charge in [0.1, 0.15) is 5.82 Å². The van der Waals surface area contributed by atoms with Gasteiger partial charge in [-0.1, -0.05) is 46.1 Å². The van der Waals surface area contributed by atoms with Gasteiger partial charge in [-0.05, 0) is 24.8 Å². The van der Waals surface area contributed by atoms with Crippen LogP contribution in [0.5, 0.6) is 0 Å².